The van der Waals surface area contributed by atoms with Crippen molar-refractivity contribution in [1.29, 1.82) is 0 Å². The van der Waals surface area contributed by atoms with E-state index in [1.54, 1.807) is 39.0 Å². The van der Waals surface area contributed by atoms with Crippen LogP contribution >= 0.6 is 11.6 Å². The van der Waals surface area contributed by atoms with E-state index in [0.717, 1.165) is 0 Å². The second-order valence-electron chi connectivity index (χ2n) is 5.68. The molecule has 6 nitrogen and oxygen atoms in total. The molecule has 3 N–H and O–H groups in total. The Hall–Kier alpha value is -1.79. The number of benzene rings is 1. The van der Waals surface area contributed by atoms with E-state index in [1.807, 2.05) is 0 Å². The summed E-state index contributed by atoms with van der Waals surface area (Å²) in [5.74, 6) is -1.07. The fraction of sp³-hybridized carbons (Fsp3) is 0.467. The number of esters is 1. The van der Waals surface area contributed by atoms with Crippen LogP contribution in [0, 0.1) is 0 Å². The summed E-state index contributed by atoms with van der Waals surface area (Å²) < 4.78 is 9.88. The highest BCUT2D eigenvalue weighted by Crippen LogP contribution is 2.27. The van der Waals surface area contributed by atoms with Crippen molar-refractivity contribution in [3.8, 4) is 0 Å². The Morgan fingerprint density at radius 2 is 2.00 bits per heavy atom. The van der Waals surface area contributed by atoms with E-state index in [0.29, 0.717) is 16.3 Å². The van der Waals surface area contributed by atoms with Crippen LogP contribution in [0.3, 0.4) is 0 Å². The standard InChI is InChI=1S/C15H21ClN2O4/c1-15(2,3)22-14(20)18-12-7-9(5-6-11(12)16)10(8-17)13(19)21-4/h5-7,10H,8,17H2,1-4H3,(H,18,20). The number of hydrogen-bond donors (Lipinski definition) is 2. The second kappa shape index (κ2) is 7.47. The van der Waals surface area contributed by atoms with Gasteiger partial charge in [-0.25, -0.2) is 4.79 Å². The van der Waals surface area contributed by atoms with Crippen molar-refractivity contribution in [3.63, 3.8) is 0 Å². The molecule has 0 aliphatic rings. The minimum Gasteiger partial charge on any atom is -0.469 e. The second-order valence-corrected chi connectivity index (χ2v) is 6.08. The molecular weight excluding hydrogens is 308 g/mol. The molecule has 1 aromatic rings. The van der Waals surface area contributed by atoms with E-state index in [1.165, 1.54) is 7.11 Å². The SMILES string of the molecule is COC(=O)C(CN)c1ccc(Cl)c(NC(=O)OC(C)(C)C)c1. The molecule has 1 unspecified atom stereocenters. The molecular formula is C15H21ClN2O4. The van der Waals surface area contributed by atoms with Crippen LogP contribution in [0.2, 0.25) is 5.02 Å². The fourth-order valence-corrected chi connectivity index (χ4v) is 1.94. The zero-order chi connectivity index (χ0) is 16.9. The molecule has 0 fully saturated rings. The van der Waals surface area contributed by atoms with Crippen LogP contribution in [0.1, 0.15) is 32.3 Å². The van der Waals surface area contributed by atoms with Crippen LogP contribution in [0.15, 0.2) is 18.2 Å². The van der Waals surface area contributed by atoms with Crippen LogP contribution < -0.4 is 11.1 Å². The minimum absolute atomic E-state index is 0.0835. The highest BCUT2D eigenvalue weighted by molar-refractivity contribution is 6.33. The van der Waals surface area contributed by atoms with Crippen molar-refractivity contribution in [2.75, 3.05) is 19.0 Å². The molecule has 0 bridgehead atoms. The molecule has 1 aromatic carbocycles. The monoisotopic (exact) mass is 328 g/mol. The van der Waals surface area contributed by atoms with Crippen LogP contribution in [-0.2, 0) is 14.3 Å². The number of anilines is 1. The molecule has 0 heterocycles. The lowest BCUT2D eigenvalue weighted by molar-refractivity contribution is -0.142. The molecule has 22 heavy (non-hydrogen) atoms. The van der Waals surface area contributed by atoms with Crippen LogP contribution in [0.25, 0.3) is 0 Å². The number of nitrogens with two attached hydrogens (primary N) is 1. The van der Waals surface area contributed by atoms with Gasteiger partial charge in [-0.2, -0.15) is 0 Å². The first-order valence-electron chi connectivity index (χ1n) is 6.75. The van der Waals surface area contributed by atoms with Crippen molar-refractivity contribution in [3.05, 3.63) is 28.8 Å². The van der Waals surface area contributed by atoms with E-state index < -0.39 is 23.6 Å². The average molecular weight is 329 g/mol. The molecule has 1 rings (SSSR count). The maximum absolute atomic E-state index is 11.8. The van der Waals surface area contributed by atoms with Gasteiger partial charge in [0.2, 0.25) is 0 Å². The number of carbonyl (C=O) groups is 2. The highest BCUT2D eigenvalue weighted by Gasteiger charge is 2.22. The van der Waals surface area contributed by atoms with Gasteiger partial charge in [-0.1, -0.05) is 17.7 Å². The Bertz CT molecular complexity index is 555. The Morgan fingerprint density at radius 1 is 1.36 bits per heavy atom. The zero-order valence-corrected chi connectivity index (χ0v) is 13.9. The van der Waals surface area contributed by atoms with E-state index >= 15 is 0 Å². The quantitative estimate of drug-likeness (QED) is 0.829. The normalized spacial score (nSPS) is 12.5. The average Bonchev–Trinajstić information content (AvgIpc) is 2.40. The van der Waals surface area contributed by atoms with E-state index in [2.05, 4.69) is 5.32 Å². The number of methoxy groups -OCH3 is 1. The zero-order valence-electron chi connectivity index (χ0n) is 13.1. The highest BCUT2D eigenvalue weighted by atomic mass is 35.5. The molecule has 0 saturated carbocycles. The summed E-state index contributed by atoms with van der Waals surface area (Å²) >= 11 is 6.06. The maximum atomic E-state index is 11.8. The summed E-state index contributed by atoms with van der Waals surface area (Å²) in [5, 5.41) is 2.89. The van der Waals surface area contributed by atoms with Gasteiger partial charge >= 0.3 is 12.1 Å². The predicted molar refractivity (Wildman–Crippen MR) is 85.1 cm³/mol. The van der Waals surface area contributed by atoms with Gasteiger partial charge < -0.3 is 15.2 Å². The molecule has 122 valence electrons. The number of halogens is 1. The Balaban J connectivity index is 2.99. The number of ether oxygens (including phenoxy) is 2. The van der Waals surface area contributed by atoms with Gasteiger partial charge in [0.1, 0.15) is 5.60 Å². The molecule has 0 saturated heterocycles. The molecule has 0 aliphatic heterocycles. The summed E-state index contributed by atoms with van der Waals surface area (Å²) in [7, 11) is 1.29. The topological polar surface area (TPSA) is 90.6 Å². The largest absolute Gasteiger partial charge is 0.469 e. The number of rotatable bonds is 4. The molecule has 0 spiro atoms. The molecule has 0 aromatic heterocycles. The summed E-state index contributed by atoms with van der Waals surface area (Å²) in [6, 6.07) is 4.83. The number of nitrogens with one attached hydrogen (secondary N) is 1. The number of amides is 1. The Labute approximate surface area is 134 Å². The predicted octanol–water partition coefficient (Wildman–Crippen LogP) is 2.90. The summed E-state index contributed by atoms with van der Waals surface area (Å²) in [6.07, 6.45) is -0.631. The summed E-state index contributed by atoms with van der Waals surface area (Å²) in [5.41, 5.74) is 5.93. The van der Waals surface area contributed by atoms with Gasteiger partial charge in [0.05, 0.1) is 23.7 Å². The third kappa shape index (κ3) is 5.20. The van der Waals surface area contributed by atoms with Gasteiger partial charge in [-0.15, -0.1) is 0 Å². The van der Waals surface area contributed by atoms with E-state index in [9.17, 15) is 9.59 Å². The minimum atomic E-state index is -0.631. The van der Waals surface area contributed by atoms with E-state index in [4.69, 9.17) is 26.8 Å². The maximum Gasteiger partial charge on any atom is 0.412 e. The number of hydrogen-bond acceptors (Lipinski definition) is 5. The first kappa shape index (κ1) is 18.3. The first-order valence-corrected chi connectivity index (χ1v) is 7.13. The third-order valence-electron chi connectivity index (χ3n) is 2.75. The van der Waals surface area contributed by atoms with Gasteiger partial charge in [0.25, 0.3) is 0 Å². The van der Waals surface area contributed by atoms with Crippen molar-refractivity contribution < 1.29 is 19.1 Å². The molecule has 7 heteroatoms. The van der Waals surface area contributed by atoms with Gasteiger partial charge in [-0.05, 0) is 38.5 Å². The van der Waals surface area contributed by atoms with E-state index in [-0.39, 0.29) is 6.54 Å². The third-order valence-corrected chi connectivity index (χ3v) is 3.08. The smallest absolute Gasteiger partial charge is 0.412 e. The molecule has 0 radical (unpaired) electrons. The van der Waals surface area contributed by atoms with Gasteiger partial charge in [0.15, 0.2) is 0 Å². The van der Waals surface area contributed by atoms with Crippen LogP contribution in [0.5, 0.6) is 0 Å². The van der Waals surface area contributed by atoms with Crippen molar-refractivity contribution >= 4 is 29.4 Å². The molecule has 0 aliphatic carbocycles. The van der Waals surface area contributed by atoms with Crippen molar-refractivity contribution in [2.45, 2.75) is 32.3 Å². The lowest BCUT2D eigenvalue weighted by Crippen LogP contribution is -2.27. The Morgan fingerprint density at radius 3 is 2.50 bits per heavy atom. The lowest BCUT2D eigenvalue weighted by atomic mass is 9.99. The van der Waals surface area contributed by atoms with Crippen molar-refractivity contribution in [2.24, 2.45) is 5.73 Å². The van der Waals surface area contributed by atoms with Crippen molar-refractivity contribution in [1.82, 2.24) is 0 Å². The molecule has 1 amide bonds. The summed E-state index contributed by atoms with van der Waals surface area (Å²) in [6.45, 7) is 5.35. The first-order chi connectivity index (χ1) is 10.2. The van der Waals surface area contributed by atoms with Gasteiger partial charge in [-0.3, -0.25) is 10.1 Å². The fourth-order valence-electron chi connectivity index (χ4n) is 1.78. The number of carbonyl (C=O) groups excluding carboxylic acids is 2. The molecule has 1 atom stereocenters. The van der Waals surface area contributed by atoms with Crippen LogP contribution in [0.4, 0.5) is 10.5 Å². The Kier molecular flexibility index (Phi) is 6.20. The van der Waals surface area contributed by atoms with Crippen LogP contribution in [-0.4, -0.2) is 31.3 Å². The summed E-state index contributed by atoms with van der Waals surface area (Å²) in [4.78, 5) is 23.5. The van der Waals surface area contributed by atoms with Gasteiger partial charge in [0, 0.05) is 6.54 Å². The lowest BCUT2D eigenvalue weighted by Gasteiger charge is -2.20.